The molecule has 0 unspecified atom stereocenters. The van der Waals surface area contributed by atoms with Gasteiger partial charge in [-0.25, -0.2) is 8.42 Å². The first-order valence-electron chi connectivity index (χ1n) is 10.4. The SMILES string of the molecule is CCCCOC[C@H]1[C@@H](C/C=C\CCCC(=O)NS(=O)(=O)CC)[C@H]2CC[C@@H]1O2. The lowest BCUT2D eigenvalue weighted by Gasteiger charge is -2.27. The van der Waals surface area contributed by atoms with Gasteiger partial charge in [-0.1, -0.05) is 25.5 Å². The maximum absolute atomic E-state index is 11.6. The molecule has 2 aliphatic heterocycles. The Morgan fingerprint density at radius 1 is 1.15 bits per heavy atom. The number of hydrogen-bond donors (Lipinski definition) is 1. The van der Waals surface area contributed by atoms with Crippen LogP contribution in [0.5, 0.6) is 0 Å². The molecule has 2 fully saturated rings. The van der Waals surface area contributed by atoms with E-state index in [0.717, 1.165) is 51.7 Å². The number of amides is 1. The summed E-state index contributed by atoms with van der Waals surface area (Å²) in [5, 5.41) is 0. The van der Waals surface area contributed by atoms with Gasteiger partial charge in [0.15, 0.2) is 0 Å². The summed E-state index contributed by atoms with van der Waals surface area (Å²) in [7, 11) is -3.44. The van der Waals surface area contributed by atoms with Crippen molar-refractivity contribution in [3.8, 4) is 0 Å². The third kappa shape index (κ3) is 7.20. The third-order valence-corrected chi connectivity index (χ3v) is 6.84. The highest BCUT2D eigenvalue weighted by atomic mass is 32.2. The molecular weight excluding hydrogens is 366 g/mol. The van der Waals surface area contributed by atoms with Gasteiger partial charge in [0.25, 0.3) is 0 Å². The molecule has 2 aliphatic rings. The van der Waals surface area contributed by atoms with Gasteiger partial charge >= 0.3 is 0 Å². The Bertz CT molecular complexity index is 589. The van der Waals surface area contributed by atoms with E-state index in [-0.39, 0.29) is 12.2 Å². The summed E-state index contributed by atoms with van der Waals surface area (Å²) in [6, 6.07) is 0. The number of carbonyl (C=O) groups is 1. The van der Waals surface area contributed by atoms with Crippen molar-refractivity contribution in [1.29, 1.82) is 0 Å². The second-order valence-corrected chi connectivity index (χ2v) is 9.59. The number of fused-ring (bicyclic) bond motifs is 2. The second-order valence-electron chi connectivity index (χ2n) is 7.57. The molecule has 4 atom stereocenters. The third-order valence-electron chi connectivity index (χ3n) is 5.54. The van der Waals surface area contributed by atoms with Crippen molar-refractivity contribution in [2.75, 3.05) is 19.0 Å². The van der Waals surface area contributed by atoms with E-state index < -0.39 is 15.9 Å². The summed E-state index contributed by atoms with van der Waals surface area (Å²) in [4.78, 5) is 11.6. The van der Waals surface area contributed by atoms with Crippen molar-refractivity contribution in [3.63, 3.8) is 0 Å². The van der Waals surface area contributed by atoms with E-state index in [1.807, 2.05) is 0 Å². The van der Waals surface area contributed by atoms with Gasteiger partial charge in [0.05, 0.1) is 24.6 Å². The predicted octanol–water partition coefficient (Wildman–Crippen LogP) is 3.18. The summed E-state index contributed by atoms with van der Waals surface area (Å²) in [6.07, 6.45) is 12.2. The van der Waals surface area contributed by atoms with Gasteiger partial charge in [0.2, 0.25) is 15.9 Å². The zero-order chi connectivity index (χ0) is 19.7. The smallest absolute Gasteiger partial charge is 0.234 e. The first-order valence-corrected chi connectivity index (χ1v) is 12.0. The van der Waals surface area contributed by atoms with Crippen LogP contribution in [0, 0.1) is 11.8 Å². The number of nitrogens with one attached hydrogen (secondary N) is 1. The normalized spacial score (nSPS) is 27.5. The minimum Gasteiger partial charge on any atom is -0.381 e. The molecule has 6 nitrogen and oxygen atoms in total. The molecule has 0 aromatic rings. The topological polar surface area (TPSA) is 81.7 Å². The van der Waals surface area contributed by atoms with Gasteiger partial charge in [-0.15, -0.1) is 0 Å². The summed E-state index contributed by atoms with van der Waals surface area (Å²) in [5.41, 5.74) is 0. The van der Waals surface area contributed by atoms with Crippen molar-refractivity contribution in [2.45, 2.75) is 77.4 Å². The molecule has 2 heterocycles. The Labute approximate surface area is 164 Å². The Morgan fingerprint density at radius 2 is 1.89 bits per heavy atom. The van der Waals surface area contributed by atoms with E-state index in [9.17, 15) is 13.2 Å². The average molecular weight is 402 g/mol. The fraction of sp³-hybridized carbons (Fsp3) is 0.850. The van der Waals surface area contributed by atoms with Crippen LogP contribution >= 0.6 is 0 Å². The first kappa shape index (κ1) is 22.4. The number of rotatable bonds is 13. The molecule has 0 aromatic carbocycles. The van der Waals surface area contributed by atoms with Crippen LogP contribution in [0.25, 0.3) is 0 Å². The van der Waals surface area contributed by atoms with Gasteiger partial charge in [0, 0.05) is 18.9 Å². The van der Waals surface area contributed by atoms with Crippen molar-refractivity contribution < 1.29 is 22.7 Å². The fourth-order valence-corrected chi connectivity index (χ4v) is 4.54. The van der Waals surface area contributed by atoms with Crippen LogP contribution in [0.4, 0.5) is 0 Å². The minimum absolute atomic E-state index is 0.0758. The lowest BCUT2D eigenvalue weighted by Crippen LogP contribution is -2.31. The molecule has 2 rings (SSSR count). The maximum atomic E-state index is 11.6. The van der Waals surface area contributed by atoms with E-state index in [2.05, 4.69) is 23.8 Å². The summed E-state index contributed by atoms with van der Waals surface area (Å²) in [6.45, 7) is 5.32. The van der Waals surface area contributed by atoms with E-state index in [0.29, 0.717) is 30.5 Å². The predicted molar refractivity (Wildman–Crippen MR) is 106 cm³/mol. The first-order chi connectivity index (χ1) is 13.0. The van der Waals surface area contributed by atoms with Gasteiger partial charge in [-0.3, -0.25) is 9.52 Å². The number of ether oxygens (including phenoxy) is 2. The average Bonchev–Trinajstić information content (AvgIpc) is 3.23. The number of unbranched alkanes of at least 4 members (excludes halogenated alkanes) is 2. The number of allylic oxidation sites excluding steroid dienone is 2. The van der Waals surface area contributed by atoms with Crippen LogP contribution in [-0.2, 0) is 24.3 Å². The second kappa shape index (κ2) is 11.2. The van der Waals surface area contributed by atoms with Gasteiger partial charge in [-0.05, 0) is 51.4 Å². The molecule has 0 saturated carbocycles. The molecule has 156 valence electrons. The van der Waals surface area contributed by atoms with Crippen LogP contribution in [0.3, 0.4) is 0 Å². The standard InChI is InChI=1S/C20H35NO5S/c1-3-5-14-25-15-17-16(18-12-13-19(17)26-18)10-8-6-7-9-11-20(22)21-27(23,24)4-2/h6,8,16-19H,3-5,7,9-15H2,1-2H3,(H,21,22)/b8-6-/t16-,17+,18-,19+/m1/s1. The van der Waals surface area contributed by atoms with Crippen molar-refractivity contribution >= 4 is 15.9 Å². The van der Waals surface area contributed by atoms with E-state index in [4.69, 9.17) is 9.47 Å². The number of carbonyl (C=O) groups excluding carboxylic acids is 1. The Morgan fingerprint density at radius 3 is 2.59 bits per heavy atom. The quantitative estimate of drug-likeness (QED) is 0.379. The lowest BCUT2D eigenvalue weighted by atomic mass is 9.78. The zero-order valence-electron chi connectivity index (χ0n) is 16.7. The summed E-state index contributed by atoms with van der Waals surface area (Å²) in [5.74, 6) is 0.527. The monoisotopic (exact) mass is 401 g/mol. The zero-order valence-corrected chi connectivity index (χ0v) is 17.5. The molecule has 7 heteroatoms. The van der Waals surface area contributed by atoms with Gasteiger partial charge in [-0.2, -0.15) is 0 Å². The highest BCUT2D eigenvalue weighted by Gasteiger charge is 2.48. The van der Waals surface area contributed by atoms with Crippen LogP contribution in [0.1, 0.15) is 65.2 Å². The molecule has 2 bridgehead atoms. The van der Waals surface area contributed by atoms with Crippen molar-refractivity contribution in [2.24, 2.45) is 11.8 Å². The lowest BCUT2D eigenvalue weighted by molar-refractivity contribution is -0.119. The Balaban J connectivity index is 1.66. The molecular formula is C20H35NO5S. The highest BCUT2D eigenvalue weighted by molar-refractivity contribution is 7.90. The number of hydrogen-bond acceptors (Lipinski definition) is 5. The molecule has 0 radical (unpaired) electrons. The molecule has 0 aromatic heterocycles. The Kier molecular flexibility index (Phi) is 9.26. The van der Waals surface area contributed by atoms with Crippen LogP contribution in [0.15, 0.2) is 12.2 Å². The molecule has 0 spiro atoms. The fourth-order valence-electron chi connectivity index (χ4n) is 3.94. The van der Waals surface area contributed by atoms with Crippen LogP contribution in [-0.4, -0.2) is 45.5 Å². The number of sulfonamides is 1. The van der Waals surface area contributed by atoms with Crippen LogP contribution < -0.4 is 4.72 Å². The van der Waals surface area contributed by atoms with Crippen LogP contribution in [0.2, 0.25) is 0 Å². The van der Waals surface area contributed by atoms with Crippen molar-refractivity contribution in [3.05, 3.63) is 12.2 Å². The summed E-state index contributed by atoms with van der Waals surface area (Å²) >= 11 is 0. The van der Waals surface area contributed by atoms with E-state index in [1.165, 1.54) is 6.92 Å². The molecule has 27 heavy (non-hydrogen) atoms. The molecule has 1 N–H and O–H groups in total. The molecule has 0 aliphatic carbocycles. The molecule has 1 amide bonds. The highest BCUT2D eigenvalue weighted by Crippen LogP contribution is 2.45. The summed E-state index contributed by atoms with van der Waals surface area (Å²) < 4.78 is 36.7. The Hall–Kier alpha value is -0.920. The van der Waals surface area contributed by atoms with Crippen molar-refractivity contribution in [1.82, 2.24) is 4.72 Å². The van der Waals surface area contributed by atoms with Gasteiger partial charge < -0.3 is 9.47 Å². The maximum Gasteiger partial charge on any atom is 0.234 e. The minimum atomic E-state index is -3.44. The van der Waals surface area contributed by atoms with E-state index >= 15 is 0 Å². The van der Waals surface area contributed by atoms with Gasteiger partial charge in [0.1, 0.15) is 0 Å². The van der Waals surface area contributed by atoms with E-state index in [1.54, 1.807) is 0 Å². The molecule has 2 saturated heterocycles. The largest absolute Gasteiger partial charge is 0.381 e.